The van der Waals surface area contributed by atoms with E-state index in [0.29, 0.717) is 37.4 Å². The number of hydrogen-bond acceptors (Lipinski definition) is 7. The molecule has 0 saturated carbocycles. The van der Waals surface area contributed by atoms with Crippen molar-refractivity contribution in [1.29, 1.82) is 0 Å². The number of amides is 2. The molecule has 1 fully saturated rings. The Morgan fingerprint density at radius 2 is 2.12 bits per heavy atom. The zero-order valence-corrected chi connectivity index (χ0v) is 17.2. The number of benzene rings is 1. The second-order valence-corrected chi connectivity index (χ2v) is 7.38. The maximum Gasteiger partial charge on any atom is 0.290 e. The van der Waals surface area contributed by atoms with E-state index in [9.17, 15) is 19.5 Å². The summed E-state index contributed by atoms with van der Waals surface area (Å²) in [6, 6.07) is 6.84. The number of ether oxygens (including phenoxy) is 1. The van der Waals surface area contributed by atoms with E-state index in [1.54, 1.807) is 11.0 Å². The fourth-order valence-electron chi connectivity index (χ4n) is 3.77. The topological polar surface area (TPSA) is 162 Å². The maximum atomic E-state index is 13.1. The van der Waals surface area contributed by atoms with E-state index in [2.05, 4.69) is 15.3 Å². The number of carbonyl (C=O) groups excluding carboxylic acids is 2. The van der Waals surface area contributed by atoms with E-state index < -0.39 is 12.0 Å². The summed E-state index contributed by atoms with van der Waals surface area (Å²) < 4.78 is 5.45. The first-order valence-electron chi connectivity index (χ1n) is 9.99. The standard InChI is InChI=1S/C20H22N4O5.CH2O2/c25-17-4-5-24(20(28)14-3-1-2-12-9-29-10-16(12)14)8-15(17)19(27)21-7-13-6-18(26)23-11-22-13;2-1-3/h1-3,6,11,15,17,25H,4-5,7-10H2,(H,21,27)(H,22,23,26);1H,(H,2,3)/t15-,17+;/m0./s1. The van der Waals surface area contributed by atoms with E-state index in [0.717, 1.165) is 11.1 Å². The van der Waals surface area contributed by atoms with Crippen LogP contribution in [0.1, 0.15) is 33.6 Å². The molecule has 11 nitrogen and oxygen atoms in total. The number of rotatable bonds is 4. The minimum absolute atomic E-state index is 0.0729. The van der Waals surface area contributed by atoms with Gasteiger partial charge in [-0.15, -0.1) is 0 Å². The Balaban J connectivity index is 0.000000913. The van der Waals surface area contributed by atoms with Crippen molar-refractivity contribution in [1.82, 2.24) is 20.2 Å². The summed E-state index contributed by atoms with van der Waals surface area (Å²) in [7, 11) is 0. The molecule has 4 N–H and O–H groups in total. The lowest BCUT2D eigenvalue weighted by molar-refractivity contribution is -0.131. The molecule has 2 aliphatic rings. The molecule has 0 aliphatic carbocycles. The Kier molecular flexibility index (Phi) is 7.68. The number of aliphatic hydroxyl groups is 1. The number of hydrogen-bond donors (Lipinski definition) is 4. The first-order valence-corrected chi connectivity index (χ1v) is 9.99. The molecule has 1 aromatic heterocycles. The van der Waals surface area contributed by atoms with Crippen LogP contribution in [0, 0.1) is 5.92 Å². The third-order valence-corrected chi connectivity index (χ3v) is 5.39. The zero-order valence-electron chi connectivity index (χ0n) is 17.2. The summed E-state index contributed by atoms with van der Waals surface area (Å²) in [5.74, 6) is -1.28. The number of aliphatic hydroxyl groups excluding tert-OH is 1. The number of carbonyl (C=O) groups is 3. The normalized spacial score (nSPS) is 19.3. The molecule has 2 aliphatic heterocycles. The highest BCUT2D eigenvalue weighted by Crippen LogP contribution is 2.26. The molecule has 32 heavy (non-hydrogen) atoms. The summed E-state index contributed by atoms with van der Waals surface area (Å²) in [5, 5.41) is 19.9. The Morgan fingerprint density at radius 1 is 1.34 bits per heavy atom. The molecule has 0 bridgehead atoms. The monoisotopic (exact) mass is 444 g/mol. The van der Waals surface area contributed by atoms with Gasteiger partial charge in [0.15, 0.2) is 0 Å². The smallest absolute Gasteiger partial charge is 0.290 e. The average Bonchev–Trinajstić information content (AvgIpc) is 3.27. The fourth-order valence-corrected chi connectivity index (χ4v) is 3.77. The number of H-pyrrole nitrogens is 1. The predicted molar refractivity (Wildman–Crippen MR) is 110 cm³/mol. The summed E-state index contributed by atoms with van der Waals surface area (Å²) in [6.07, 6.45) is 0.747. The molecular formula is C21H24N4O7. The van der Waals surface area contributed by atoms with Crippen LogP contribution in [0.15, 0.2) is 35.4 Å². The van der Waals surface area contributed by atoms with Gasteiger partial charge in [-0.2, -0.15) is 0 Å². The van der Waals surface area contributed by atoms with Gasteiger partial charge in [-0.05, 0) is 23.6 Å². The van der Waals surface area contributed by atoms with Gasteiger partial charge in [0, 0.05) is 24.7 Å². The number of likely N-dealkylation sites (tertiary alicyclic amines) is 1. The lowest BCUT2D eigenvalue weighted by atomic mass is 9.92. The lowest BCUT2D eigenvalue weighted by Crippen LogP contribution is -2.51. The highest BCUT2D eigenvalue weighted by atomic mass is 16.5. The Hall–Kier alpha value is -3.57. The highest BCUT2D eigenvalue weighted by molar-refractivity contribution is 5.96. The highest BCUT2D eigenvalue weighted by Gasteiger charge is 2.36. The van der Waals surface area contributed by atoms with Gasteiger partial charge in [0.1, 0.15) is 0 Å². The number of nitrogens with one attached hydrogen (secondary N) is 2. The predicted octanol–water partition coefficient (Wildman–Crippen LogP) is -0.360. The van der Waals surface area contributed by atoms with Gasteiger partial charge in [-0.1, -0.05) is 12.1 Å². The summed E-state index contributed by atoms with van der Waals surface area (Å²) in [6.45, 7) is 1.23. The van der Waals surface area contributed by atoms with Gasteiger partial charge < -0.3 is 30.2 Å². The van der Waals surface area contributed by atoms with Gasteiger partial charge in [0.25, 0.3) is 17.9 Å². The molecule has 2 aromatic rings. The van der Waals surface area contributed by atoms with Crippen molar-refractivity contribution in [3.05, 3.63) is 63.3 Å². The van der Waals surface area contributed by atoms with Gasteiger partial charge in [0.2, 0.25) is 5.91 Å². The molecule has 170 valence electrons. The third-order valence-electron chi connectivity index (χ3n) is 5.39. The zero-order chi connectivity index (χ0) is 23.1. The fraction of sp³-hybridized carbons (Fsp3) is 0.381. The molecule has 1 aromatic carbocycles. The van der Waals surface area contributed by atoms with Crippen LogP contribution >= 0.6 is 0 Å². The van der Waals surface area contributed by atoms with Crippen molar-refractivity contribution in [2.75, 3.05) is 13.1 Å². The quantitative estimate of drug-likeness (QED) is 0.465. The molecule has 4 rings (SSSR count). The van der Waals surface area contributed by atoms with Crippen LogP contribution in [0.3, 0.4) is 0 Å². The number of piperidine rings is 1. The molecule has 2 amide bonds. The van der Waals surface area contributed by atoms with Crippen molar-refractivity contribution < 1.29 is 29.3 Å². The van der Waals surface area contributed by atoms with E-state index in [4.69, 9.17) is 14.6 Å². The number of aromatic nitrogens is 2. The molecule has 1 saturated heterocycles. The van der Waals surface area contributed by atoms with Crippen LogP contribution in [0.25, 0.3) is 0 Å². The molecule has 3 heterocycles. The second-order valence-electron chi connectivity index (χ2n) is 7.38. The number of fused-ring (bicyclic) bond motifs is 1. The van der Waals surface area contributed by atoms with Crippen LogP contribution in [0.4, 0.5) is 0 Å². The third kappa shape index (κ3) is 5.37. The molecule has 0 spiro atoms. The number of aromatic amines is 1. The van der Waals surface area contributed by atoms with E-state index in [1.165, 1.54) is 12.4 Å². The molecule has 0 radical (unpaired) electrons. The van der Waals surface area contributed by atoms with Crippen molar-refractivity contribution in [2.45, 2.75) is 32.3 Å². The minimum Gasteiger partial charge on any atom is -0.483 e. The van der Waals surface area contributed by atoms with Crippen LogP contribution in [-0.2, 0) is 34.1 Å². The molecule has 2 atom stereocenters. The SMILES string of the molecule is O=C(NCc1cc(=O)[nH]cn1)[C@H]1CN(C(=O)c2cccc3c2COC3)CC[C@H]1O.O=CO. The first-order chi connectivity index (χ1) is 15.4. The lowest BCUT2D eigenvalue weighted by Gasteiger charge is -2.35. The Bertz CT molecular complexity index is 1040. The molecule has 11 heteroatoms. The first kappa shape index (κ1) is 23.1. The van der Waals surface area contributed by atoms with Crippen molar-refractivity contribution in [3.8, 4) is 0 Å². The maximum absolute atomic E-state index is 13.1. The summed E-state index contributed by atoms with van der Waals surface area (Å²) in [4.78, 5) is 53.4. The number of nitrogens with zero attached hydrogens (tertiary/aromatic N) is 2. The van der Waals surface area contributed by atoms with Crippen molar-refractivity contribution in [3.63, 3.8) is 0 Å². The van der Waals surface area contributed by atoms with Gasteiger partial charge in [-0.25, -0.2) is 4.98 Å². The van der Waals surface area contributed by atoms with Gasteiger partial charge >= 0.3 is 0 Å². The minimum atomic E-state index is -0.837. The van der Waals surface area contributed by atoms with Crippen LogP contribution in [0.5, 0.6) is 0 Å². The van der Waals surface area contributed by atoms with Crippen LogP contribution in [0.2, 0.25) is 0 Å². The van der Waals surface area contributed by atoms with Crippen molar-refractivity contribution in [2.24, 2.45) is 5.92 Å². The summed E-state index contributed by atoms with van der Waals surface area (Å²) in [5.41, 5.74) is 2.60. The van der Waals surface area contributed by atoms with E-state index in [1.807, 2.05) is 12.1 Å². The van der Waals surface area contributed by atoms with Crippen LogP contribution < -0.4 is 10.9 Å². The number of carboxylic acid groups (broad SMARTS) is 1. The molecular weight excluding hydrogens is 420 g/mol. The second kappa shape index (κ2) is 10.6. The largest absolute Gasteiger partial charge is 0.483 e. The summed E-state index contributed by atoms with van der Waals surface area (Å²) >= 11 is 0. The molecule has 0 unspecified atom stereocenters. The Morgan fingerprint density at radius 3 is 2.88 bits per heavy atom. The van der Waals surface area contributed by atoms with Crippen molar-refractivity contribution >= 4 is 18.3 Å². The van der Waals surface area contributed by atoms with Gasteiger partial charge in [-0.3, -0.25) is 19.2 Å². The Labute approximate surface area is 183 Å². The average molecular weight is 444 g/mol. The van der Waals surface area contributed by atoms with E-state index >= 15 is 0 Å². The van der Waals surface area contributed by atoms with Gasteiger partial charge in [0.05, 0.1) is 43.8 Å². The van der Waals surface area contributed by atoms with E-state index in [-0.39, 0.29) is 36.9 Å². The van der Waals surface area contributed by atoms with Crippen LogP contribution in [-0.4, -0.2) is 62.6 Å².